The molecule has 0 aliphatic heterocycles. The van der Waals surface area contributed by atoms with Gasteiger partial charge in [-0.2, -0.15) is 0 Å². The quantitative estimate of drug-likeness (QED) is 0.627. The molecule has 0 aliphatic carbocycles. The van der Waals surface area contributed by atoms with Gasteiger partial charge < -0.3 is 19.8 Å². The summed E-state index contributed by atoms with van der Waals surface area (Å²) in [6.07, 6.45) is 2.09. The molecule has 136 valence electrons. The van der Waals surface area contributed by atoms with E-state index >= 15 is 0 Å². The number of carbonyl (C=O) groups excluding carboxylic acids is 3. The van der Waals surface area contributed by atoms with Gasteiger partial charge in [0.15, 0.2) is 18.7 Å². The summed E-state index contributed by atoms with van der Waals surface area (Å²) in [6, 6.07) is 16.4. The summed E-state index contributed by atoms with van der Waals surface area (Å²) in [6.45, 7) is -0.234. The van der Waals surface area contributed by atoms with Gasteiger partial charge in [-0.3, -0.25) is 14.4 Å². The van der Waals surface area contributed by atoms with E-state index in [1.165, 1.54) is 6.26 Å². The highest BCUT2D eigenvalue weighted by Crippen LogP contribution is 2.17. The molecule has 7 nitrogen and oxygen atoms in total. The molecule has 2 aromatic carbocycles. The van der Waals surface area contributed by atoms with Gasteiger partial charge in [0, 0.05) is 11.4 Å². The number of furan rings is 1. The number of ether oxygens (including phenoxy) is 1. The van der Waals surface area contributed by atoms with Crippen LogP contribution < -0.4 is 15.4 Å². The molecule has 1 heterocycles. The minimum atomic E-state index is -0.372. The SMILES string of the molecule is O=Cc1ccccc1OCC(=O)Nc1ccc(NC(=O)c2ccco2)cc1. The highest BCUT2D eigenvalue weighted by atomic mass is 16.5. The van der Waals surface area contributed by atoms with Crippen molar-refractivity contribution in [3.05, 3.63) is 78.3 Å². The Kier molecular flexibility index (Phi) is 5.64. The van der Waals surface area contributed by atoms with E-state index in [4.69, 9.17) is 9.15 Å². The summed E-state index contributed by atoms with van der Waals surface area (Å²) in [4.78, 5) is 34.8. The summed E-state index contributed by atoms with van der Waals surface area (Å²) >= 11 is 0. The van der Waals surface area contributed by atoms with E-state index < -0.39 is 0 Å². The van der Waals surface area contributed by atoms with E-state index in [2.05, 4.69) is 10.6 Å². The van der Waals surface area contributed by atoms with Crippen LogP contribution in [0.2, 0.25) is 0 Å². The molecule has 0 saturated heterocycles. The number of hydrogen-bond donors (Lipinski definition) is 2. The normalized spacial score (nSPS) is 10.1. The molecule has 3 aromatic rings. The number of hydrogen-bond acceptors (Lipinski definition) is 5. The second kappa shape index (κ2) is 8.48. The van der Waals surface area contributed by atoms with Crippen LogP contribution in [0.4, 0.5) is 11.4 Å². The first kappa shape index (κ1) is 17.9. The Labute approximate surface area is 154 Å². The summed E-state index contributed by atoms with van der Waals surface area (Å²) in [5.74, 6) is -0.180. The van der Waals surface area contributed by atoms with Gasteiger partial charge >= 0.3 is 0 Å². The van der Waals surface area contributed by atoms with Gasteiger partial charge in [-0.05, 0) is 48.5 Å². The van der Waals surface area contributed by atoms with Crippen molar-refractivity contribution in [2.45, 2.75) is 0 Å². The highest BCUT2D eigenvalue weighted by Gasteiger charge is 2.09. The molecule has 0 radical (unpaired) electrons. The van der Waals surface area contributed by atoms with E-state index in [-0.39, 0.29) is 24.2 Å². The second-order valence-electron chi connectivity index (χ2n) is 5.50. The van der Waals surface area contributed by atoms with Crippen LogP contribution >= 0.6 is 0 Å². The first-order valence-electron chi connectivity index (χ1n) is 8.07. The monoisotopic (exact) mass is 364 g/mol. The van der Waals surface area contributed by atoms with Gasteiger partial charge in [-0.15, -0.1) is 0 Å². The molecule has 0 unspecified atom stereocenters. The summed E-state index contributed by atoms with van der Waals surface area (Å²) < 4.78 is 10.4. The van der Waals surface area contributed by atoms with Crippen LogP contribution in [0.25, 0.3) is 0 Å². The lowest BCUT2D eigenvalue weighted by Crippen LogP contribution is -2.20. The summed E-state index contributed by atoms with van der Waals surface area (Å²) in [5.41, 5.74) is 1.48. The van der Waals surface area contributed by atoms with Crippen molar-refractivity contribution >= 4 is 29.5 Å². The maximum absolute atomic E-state index is 12.0. The van der Waals surface area contributed by atoms with Gasteiger partial charge in [-0.25, -0.2) is 0 Å². The van der Waals surface area contributed by atoms with Crippen molar-refractivity contribution in [3.63, 3.8) is 0 Å². The van der Waals surface area contributed by atoms with Gasteiger partial charge in [0.05, 0.1) is 11.8 Å². The molecule has 0 fully saturated rings. The number of carbonyl (C=O) groups is 3. The zero-order chi connectivity index (χ0) is 19.1. The van der Waals surface area contributed by atoms with Crippen LogP contribution in [0.5, 0.6) is 5.75 Å². The van der Waals surface area contributed by atoms with Gasteiger partial charge in [0.1, 0.15) is 5.75 Å². The summed E-state index contributed by atoms with van der Waals surface area (Å²) in [5, 5.41) is 5.36. The first-order chi connectivity index (χ1) is 13.2. The first-order valence-corrected chi connectivity index (χ1v) is 8.07. The number of nitrogens with one attached hydrogen (secondary N) is 2. The lowest BCUT2D eigenvalue weighted by molar-refractivity contribution is -0.118. The molecule has 0 saturated carbocycles. The number of para-hydroxylation sites is 1. The third-order valence-corrected chi connectivity index (χ3v) is 3.58. The molecule has 0 bridgehead atoms. The largest absolute Gasteiger partial charge is 0.483 e. The molecule has 0 aliphatic rings. The predicted octanol–water partition coefficient (Wildman–Crippen LogP) is 3.36. The maximum Gasteiger partial charge on any atom is 0.291 e. The molecule has 27 heavy (non-hydrogen) atoms. The summed E-state index contributed by atoms with van der Waals surface area (Å²) in [7, 11) is 0. The molecule has 0 spiro atoms. The van der Waals surface area contributed by atoms with Crippen LogP contribution in [0.1, 0.15) is 20.9 Å². The lowest BCUT2D eigenvalue weighted by Gasteiger charge is -2.09. The Hall–Kier alpha value is -3.87. The average Bonchev–Trinajstić information content (AvgIpc) is 3.23. The number of rotatable bonds is 7. The zero-order valence-electron chi connectivity index (χ0n) is 14.2. The van der Waals surface area contributed by atoms with E-state index in [1.54, 1.807) is 60.7 Å². The van der Waals surface area contributed by atoms with E-state index in [1.807, 2.05) is 0 Å². The zero-order valence-corrected chi connectivity index (χ0v) is 14.2. The molecule has 7 heteroatoms. The van der Waals surface area contributed by atoms with Gasteiger partial charge in [0.2, 0.25) is 0 Å². The Bertz CT molecular complexity index is 933. The third kappa shape index (κ3) is 4.82. The van der Waals surface area contributed by atoms with Crippen molar-refractivity contribution in [3.8, 4) is 5.75 Å². The number of benzene rings is 2. The fourth-order valence-corrected chi connectivity index (χ4v) is 2.29. The Balaban J connectivity index is 1.52. The molecule has 0 atom stereocenters. The van der Waals surface area contributed by atoms with Crippen LogP contribution in [0.15, 0.2) is 71.3 Å². The van der Waals surface area contributed by atoms with Crippen molar-refractivity contribution in [1.29, 1.82) is 0 Å². The van der Waals surface area contributed by atoms with Gasteiger partial charge in [-0.1, -0.05) is 12.1 Å². The predicted molar refractivity (Wildman–Crippen MR) is 99.1 cm³/mol. The Morgan fingerprint density at radius 3 is 2.30 bits per heavy atom. The molecule has 3 rings (SSSR count). The Morgan fingerprint density at radius 1 is 0.926 bits per heavy atom. The Morgan fingerprint density at radius 2 is 1.63 bits per heavy atom. The molecule has 2 N–H and O–H groups in total. The van der Waals surface area contributed by atoms with E-state index in [0.717, 1.165) is 0 Å². The van der Waals surface area contributed by atoms with Crippen molar-refractivity contribution < 1.29 is 23.5 Å². The molecular formula is C20H16N2O5. The maximum atomic E-state index is 12.0. The van der Waals surface area contributed by atoms with Crippen LogP contribution in [-0.4, -0.2) is 24.7 Å². The fraction of sp³-hybridized carbons (Fsp3) is 0.0500. The van der Waals surface area contributed by atoms with E-state index in [9.17, 15) is 14.4 Å². The molecular weight excluding hydrogens is 348 g/mol. The molecule has 1 aromatic heterocycles. The average molecular weight is 364 g/mol. The smallest absolute Gasteiger partial charge is 0.291 e. The van der Waals surface area contributed by atoms with Crippen molar-refractivity contribution in [2.24, 2.45) is 0 Å². The second-order valence-corrected chi connectivity index (χ2v) is 5.50. The minimum absolute atomic E-state index is 0.208. The third-order valence-electron chi connectivity index (χ3n) is 3.58. The van der Waals surface area contributed by atoms with Crippen LogP contribution in [0.3, 0.4) is 0 Å². The molecule has 2 amide bonds. The number of anilines is 2. The topological polar surface area (TPSA) is 97.6 Å². The minimum Gasteiger partial charge on any atom is -0.483 e. The van der Waals surface area contributed by atoms with E-state index in [0.29, 0.717) is 29.0 Å². The van der Waals surface area contributed by atoms with Gasteiger partial charge in [0.25, 0.3) is 11.8 Å². The van der Waals surface area contributed by atoms with Crippen molar-refractivity contribution in [1.82, 2.24) is 0 Å². The number of amides is 2. The number of aldehydes is 1. The van der Waals surface area contributed by atoms with Crippen LogP contribution in [0, 0.1) is 0 Å². The van der Waals surface area contributed by atoms with Crippen LogP contribution in [-0.2, 0) is 4.79 Å². The highest BCUT2D eigenvalue weighted by molar-refractivity contribution is 6.02. The van der Waals surface area contributed by atoms with Crippen molar-refractivity contribution in [2.75, 3.05) is 17.2 Å². The lowest BCUT2D eigenvalue weighted by atomic mass is 10.2. The standard InChI is InChI=1S/C20H16N2O5/c23-12-14-4-1-2-5-17(14)27-13-19(24)21-15-7-9-16(10-8-15)22-20(25)18-6-3-11-26-18/h1-12H,13H2,(H,21,24)(H,22,25). The fourth-order valence-electron chi connectivity index (χ4n) is 2.29.